The zero-order valence-electron chi connectivity index (χ0n) is 12.2. The molecule has 1 saturated carbocycles. The van der Waals surface area contributed by atoms with Crippen LogP contribution in [0.15, 0.2) is 54.6 Å². The van der Waals surface area contributed by atoms with E-state index in [1.165, 1.54) is 18.4 Å². The number of rotatable bonds is 7. The van der Waals surface area contributed by atoms with Crippen molar-refractivity contribution in [1.82, 2.24) is 4.90 Å². The zero-order valence-corrected chi connectivity index (χ0v) is 12.2. The molecule has 1 fully saturated rings. The molecule has 2 aromatic carbocycles. The van der Waals surface area contributed by atoms with Crippen LogP contribution in [-0.2, 0) is 6.54 Å². The number of benzene rings is 2. The predicted molar refractivity (Wildman–Crippen MR) is 86.2 cm³/mol. The van der Waals surface area contributed by atoms with Crippen molar-refractivity contribution < 1.29 is 4.74 Å². The Balaban J connectivity index is 1.50. The molecule has 1 aliphatic rings. The van der Waals surface area contributed by atoms with Crippen LogP contribution in [0.3, 0.4) is 0 Å². The van der Waals surface area contributed by atoms with Crippen LogP contribution >= 0.6 is 0 Å². The van der Waals surface area contributed by atoms with Crippen LogP contribution in [0.4, 0.5) is 5.69 Å². The zero-order chi connectivity index (χ0) is 14.5. The van der Waals surface area contributed by atoms with Gasteiger partial charge >= 0.3 is 0 Å². The third kappa shape index (κ3) is 4.23. The van der Waals surface area contributed by atoms with Crippen LogP contribution in [-0.4, -0.2) is 24.1 Å². The highest BCUT2D eigenvalue weighted by atomic mass is 16.5. The van der Waals surface area contributed by atoms with Crippen LogP contribution in [0, 0.1) is 0 Å². The molecule has 0 atom stereocenters. The predicted octanol–water partition coefficient (Wildman–Crippen LogP) is 3.31. The van der Waals surface area contributed by atoms with Gasteiger partial charge in [0.1, 0.15) is 12.4 Å². The maximum atomic E-state index is 5.81. The molecule has 0 radical (unpaired) electrons. The Labute approximate surface area is 126 Å². The van der Waals surface area contributed by atoms with Gasteiger partial charge in [-0.15, -0.1) is 0 Å². The molecule has 0 aromatic heterocycles. The molecule has 0 bridgehead atoms. The van der Waals surface area contributed by atoms with E-state index < -0.39 is 0 Å². The monoisotopic (exact) mass is 282 g/mol. The summed E-state index contributed by atoms with van der Waals surface area (Å²) in [5.41, 5.74) is 7.82. The van der Waals surface area contributed by atoms with Gasteiger partial charge in [-0.2, -0.15) is 0 Å². The SMILES string of the molecule is Nc1ccc(OCCN(Cc2ccccc2)C2CC2)cc1. The number of hydrogen-bond acceptors (Lipinski definition) is 3. The summed E-state index contributed by atoms with van der Waals surface area (Å²) in [7, 11) is 0. The molecule has 2 aromatic rings. The maximum Gasteiger partial charge on any atom is 0.119 e. The Bertz CT molecular complexity index is 549. The van der Waals surface area contributed by atoms with Crippen molar-refractivity contribution in [2.75, 3.05) is 18.9 Å². The number of hydrogen-bond donors (Lipinski definition) is 1. The van der Waals surface area contributed by atoms with Gasteiger partial charge in [-0.05, 0) is 42.7 Å². The second kappa shape index (κ2) is 6.64. The van der Waals surface area contributed by atoms with Gasteiger partial charge in [-0.1, -0.05) is 30.3 Å². The molecule has 0 amide bonds. The fraction of sp³-hybridized carbons (Fsp3) is 0.333. The van der Waals surface area contributed by atoms with Crippen molar-refractivity contribution in [1.29, 1.82) is 0 Å². The van der Waals surface area contributed by atoms with Gasteiger partial charge in [0.05, 0.1) is 0 Å². The average Bonchev–Trinajstić information content (AvgIpc) is 3.34. The van der Waals surface area contributed by atoms with Crippen LogP contribution in [0.25, 0.3) is 0 Å². The summed E-state index contributed by atoms with van der Waals surface area (Å²) in [6.45, 7) is 2.69. The van der Waals surface area contributed by atoms with E-state index in [1.54, 1.807) is 0 Å². The Morgan fingerprint density at radius 1 is 1.00 bits per heavy atom. The highest BCUT2D eigenvalue weighted by molar-refractivity contribution is 5.41. The van der Waals surface area contributed by atoms with Crippen molar-refractivity contribution >= 4 is 5.69 Å². The van der Waals surface area contributed by atoms with E-state index in [1.807, 2.05) is 24.3 Å². The van der Waals surface area contributed by atoms with E-state index in [9.17, 15) is 0 Å². The third-order valence-corrected chi connectivity index (χ3v) is 3.82. The number of anilines is 1. The molecule has 0 heterocycles. The normalized spacial score (nSPS) is 14.3. The molecular formula is C18H22N2O. The number of nitrogen functional groups attached to an aromatic ring is 1. The standard InChI is InChI=1S/C18H22N2O/c19-16-6-10-18(11-7-16)21-13-12-20(17-8-9-17)14-15-4-2-1-3-5-15/h1-7,10-11,17H,8-9,12-14,19H2. The largest absolute Gasteiger partial charge is 0.492 e. The molecule has 21 heavy (non-hydrogen) atoms. The van der Waals surface area contributed by atoms with Gasteiger partial charge in [0, 0.05) is 24.8 Å². The molecule has 110 valence electrons. The molecule has 0 saturated heterocycles. The van der Waals surface area contributed by atoms with Gasteiger partial charge in [0.15, 0.2) is 0 Å². The van der Waals surface area contributed by atoms with Crippen LogP contribution in [0.2, 0.25) is 0 Å². The number of nitrogens with zero attached hydrogens (tertiary/aromatic N) is 1. The first kappa shape index (κ1) is 14.0. The fourth-order valence-electron chi connectivity index (χ4n) is 2.49. The molecule has 0 unspecified atom stereocenters. The first-order chi connectivity index (χ1) is 10.3. The van der Waals surface area contributed by atoms with Gasteiger partial charge in [-0.3, -0.25) is 4.90 Å². The summed E-state index contributed by atoms with van der Waals surface area (Å²) < 4.78 is 5.81. The fourth-order valence-corrected chi connectivity index (χ4v) is 2.49. The van der Waals surface area contributed by atoms with E-state index in [4.69, 9.17) is 10.5 Å². The highest BCUT2D eigenvalue weighted by Gasteiger charge is 2.28. The first-order valence-corrected chi connectivity index (χ1v) is 7.57. The number of ether oxygens (including phenoxy) is 1. The van der Waals surface area contributed by atoms with Crippen LogP contribution in [0.1, 0.15) is 18.4 Å². The summed E-state index contributed by atoms with van der Waals surface area (Å²) >= 11 is 0. The lowest BCUT2D eigenvalue weighted by molar-refractivity contribution is 0.195. The van der Waals surface area contributed by atoms with Gasteiger partial charge in [-0.25, -0.2) is 0 Å². The van der Waals surface area contributed by atoms with Crippen LogP contribution < -0.4 is 10.5 Å². The van der Waals surface area contributed by atoms with Crippen molar-refractivity contribution in [3.8, 4) is 5.75 Å². The molecule has 0 spiro atoms. The van der Waals surface area contributed by atoms with Crippen molar-refractivity contribution in [2.24, 2.45) is 0 Å². The second-order valence-electron chi connectivity index (χ2n) is 5.60. The lowest BCUT2D eigenvalue weighted by atomic mass is 10.2. The maximum absolute atomic E-state index is 5.81. The minimum atomic E-state index is 0.716. The minimum Gasteiger partial charge on any atom is -0.492 e. The summed E-state index contributed by atoms with van der Waals surface area (Å²) in [5.74, 6) is 0.889. The van der Waals surface area contributed by atoms with E-state index in [0.29, 0.717) is 6.61 Å². The van der Waals surface area contributed by atoms with Crippen LogP contribution in [0.5, 0.6) is 5.75 Å². The highest BCUT2D eigenvalue weighted by Crippen LogP contribution is 2.28. The minimum absolute atomic E-state index is 0.716. The molecule has 3 rings (SSSR count). The smallest absolute Gasteiger partial charge is 0.119 e. The topological polar surface area (TPSA) is 38.5 Å². The van der Waals surface area contributed by atoms with Crippen molar-refractivity contribution in [2.45, 2.75) is 25.4 Å². The molecular weight excluding hydrogens is 260 g/mol. The van der Waals surface area contributed by atoms with Gasteiger partial charge in [0.2, 0.25) is 0 Å². The van der Waals surface area contributed by atoms with Gasteiger partial charge < -0.3 is 10.5 Å². The quantitative estimate of drug-likeness (QED) is 0.792. The molecule has 0 aliphatic heterocycles. The van der Waals surface area contributed by atoms with Crippen molar-refractivity contribution in [3.05, 3.63) is 60.2 Å². The second-order valence-corrected chi connectivity index (χ2v) is 5.60. The Morgan fingerprint density at radius 3 is 2.38 bits per heavy atom. The summed E-state index contributed by atoms with van der Waals surface area (Å²) in [6.07, 6.45) is 2.63. The molecule has 2 N–H and O–H groups in total. The van der Waals surface area contributed by atoms with E-state index in [0.717, 1.165) is 30.6 Å². The Morgan fingerprint density at radius 2 is 1.71 bits per heavy atom. The molecule has 3 heteroatoms. The molecule has 3 nitrogen and oxygen atoms in total. The average molecular weight is 282 g/mol. The van der Waals surface area contributed by atoms with E-state index in [-0.39, 0.29) is 0 Å². The lowest BCUT2D eigenvalue weighted by Gasteiger charge is -2.22. The third-order valence-electron chi connectivity index (χ3n) is 3.82. The van der Waals surface area contributed by atoms with E-state index in [2.05, 4.69) is 35.2 Å². The summed E-state index contributed by atoms with van der Waals surface area (Å²) in [4.78, 5) is 2.52. The summed E-state index contributed by atoms with van der Waals surface area (Å²) in [6, 6.07) is 19.0. The van der Waals surface area contributed by atoms with Crippen molar-refractivity contribution in [3.63, 3.8) is 0 Å². The Hall–Kier alpha value is -2.00. The number of nitrogens with two attached hydrogens (primary N) is 1. The first-order valence-electron chi connectivity index (χ1n) is 7.57. The lowest BCUT2D eigenvalue weighted by Crippen LogP contribution is -2.30. The molecule has 1 aliphatic carbocycles. The Kier molecular flexibility index (Phi) is 4.41. The summed E-state index contributed by atoms with van der Waals surface area (Å²) in [5, 5.41) is 0. The van der Waals surface area contributed by atoms with E-state index >= 15 is 0 Å². The van der Waals surface area contributed by atoms with Gasteiger partial charge in [0.25, 0.3) is 0 Å².